The van der Waals surface area contributed by atoms with Crippen LogP contribution in [0.3, 0.4) is 0 Å². The first-order valence-corrected chi connectivity index (χ1v) is 14.5. The molecule has 0 radical (unpaired) electrons. The first-order valence-electron chi connectivity index (χ1n) is 14.5. The zero-order valence-electron chi connectivity index (χ0n) is 23.3. The molecule has 8 heteroatoms. The fraction of sp³-hybridized carbons (Fsp3) is 0.303. The predicted molar refractivity (Wildman–Crippen MR) is 163 cm³/mol. The van der Waals surface area contributed by atoms with Gasteiger partial charge in [-0.3, -0.25) is 0 Å². The van der Waals surface area contributed by atoms with Gasteiger partial charge in [0.2, 0.25) is 5.95 Å². The number of nitrogens with one attached hydrogen (secondary N) is 1. The highest BCUT2D eigenvalue weighted by molar-refractivity contribution is 5.92. The summed E-state index contributed by atoms with van der Waals surface area (Å²) in [5.41, 5.74) is 6.19. The third-order valence-electron chi connectivity index (χ3n) is 8.32. The number of hydrogen-bond acceptors (Lipinski definition) is 6. The fourth-order valence-corrected chi connectivity index (χ4v) is 6.04. The third-order valence-corrected chi connectivity index (χ3v) is 8.32. The molecule has 7 nitrogen and oxygen atoms in total. The number of nitrogens with zero attached hydrogens (tertiary/aromatic N) is 6. The molecule has 5 aromatic rings. The number of pyridine rings is 1. The monoisotopic (exact) mass is 547 g/mol. The summed E-state index contributed by atoms with van der Waals surface area (Å²) in [7, 11) is 2.16. The van der Waals surface area contributed by atoms with Gasteiger partial charge in [-0.25, -0.2) is 18.9 Å². The van der Waals surface area contributed by atoms with E-state index in [1.807, 2.05) is 22.7 Å². The number of likely N-dealkylation sites (N-methyl/N-ethyl adjacent to an activating group) is 1. The Morgan fingerprint density at radius 3 is 2.27 bits per heavy atom. The van der Waals surface area contributed by atoms with Gasteiger partial charge in [-0.15, -0.1) is 0 Å². The lowest BCUT2D eigenvalue weighted by atomic mass is 10.0. The summed E-state index contributed by atoms with van der Waals surface area (Å²) in [6.07, 6.45) is 4.70. The summed E-state index contributed by atoms with van der Waals surface area (Å²) in [5.74, 6) is 1.41. The van der Waals surface area contributed by atoms with E-state index in [1.54, 1.807) is 12.1 Å². The normalized spacial score (nSPS) is 16.5. The lowest BCUT2D eigenvalue weighted by Crippen LogP contribution is -2.45. The van der Waals surface area contributed by atoms with Gasteiger partial charge in [0.05, 0.1) is 22.5 Å². The molecule has 1 aliphatic carbocycles. The number of anilines is 2. The van der Waals surface area contributed by atoms with Crippen molar-refractivity contribution in [3.63, 3.8) is 0 Å². The Balaban J connectivity index is 1.43. The molecule has 1 saturated carbocycles. The van der Waals surface area contributed by atoms with Gasteiger partial charge >= 0.3 is 0 Å². The van der Waals surface area contributed by atoms with Gasteiger partial charge in [-0.2, -0.15) is 5.10 Å². The maximum absolute atomic E-state index is 14.0. The molecule has 0 atom stereocenters. The molecule has 3 aromatic heterocycles. The number of benzene rings is 2. The lowest BCUT2D eigenvalue weighted by Gasteiger charge is -2.33. The molecule has 208 valence electrons. The van der Waals surface area contributed by atoms with Crippen molar-refractivity contribution in [1.29, 1.82) is 0 Å². The van der Waals surface area contributed by atoms with Crippen molar-refractivity contribution in [2.45, 2.75) is 31.7 Å². The Bertz CT molecular complexity index is 1650. The van der Waals surface area contributed by atoms with Gasteiger partial charge in [-0.1, -0.05) is 49.2 Å². The van der Waals surface area contributed by atoms with Crippen LogP contribution in [0.1, 0.15) is 25.7 Å². The molecule has 0 unspecified atom stereocenters. The van der Waals surface area contributed by atoms with Gasteiger partial charge in [0.25, 0.3) is 0 Å². The van der Waals surface area contributed by atoms with Crippen LogP contribution >= 0.6 is 0 Å². The van der Waals surface area contributed by atoms with Crippen LogP contribution < -0.4 is 10.2 Å². The van der Waals surface area contributed by atoms with E-state index in [0.29, 0.717) is 12.0 Å². The first kappa shape index (κ1) is 25.7. The van der Waals surface area contributed by atoms with Crippen molar-refractivity contribution in [3.05, 3.63) is 84.7 Å². The van der Waals surface area contributed by atoms with Crippen molar-refractivity contribution in [1.82, 2.24) is 24.5 Å². The second-order valence-corrected chi connectivity index (χ2v) is 11.2. The van der Waals surface area contributed by atoms with Crippen LogP contribution in [0.15, 0.2) is 78.9 Å². The quantitative estimate of drug-likeness (QED) is 0.267. The standard InChI is InChI=1S/C33H34FN7/c1-39-18-20-40(21-19-39)30-13-7-12-29-31(32(38-41(29)30)24-14-16-25(34)17-15-24)28-22-27(23-8-3-2-4-9-23)36-33(37-28)35-26-10-5-6-11-26/h2-4,7-9,12-17,22,26H,5-6,10-11,18-21H2,1H3,(H,35,36,37). The van der Waals surface area contributed by atoms with Gasteiger partial charge in [-0.05, 0) is 62.4 Å². The van der Waals surface area contributed by atoms with E-state index >= 15 is 0 Å². The Labute approximate surface area is 239 Å². The molecule has 7 rings (SSSR count). The number of fused-ring (bicyclic) bond motifs is 1. The maximum atomic E-state index is 14.0. The van der Waals surface area contributed by atoms with Gasteiger partial charge in [0.1, 0.15) is 17.3 Å². The Morgan fingerprint density at radius 1 is 0.780 bits per heavy atom. The summed E-state index contributed by atoms with van der Waals surface area (Å²) in [4.78, 5) is 14.8. The largest absolute Gasteiger partial charge is 0.354 e. The van der Waals surface area contributed by atoms with Crippen LogP contribution in [0.25, 0.3) is 39.3 Å². The van der Waals surface area contributed by atoms with Crippen LogP contribution in [0.2, 0.25) is 0 Å². The SMILES string of the molecule is CN1CCN(c2cccc3c(-c4cc(-c5ccccc5)nc(NC5CCCC5)n4)c(-c4ccc(F)cc4)nn23)CC1. The van der Waals surface area contributed by atoms with Crippen LogP contribution in [0.4, 0.5) is 16.2 Å². The van der Waals surface area contributed by atoms with Crippen molar-refractivity contribution < 1.29 is 4.39 Å². The Morgan fingerprint density at radius 2 is 1.51 bits per heavy atom. The molecular weight excluding hydrogens is 513 g/mol. The molecule has 4 heterocycles. The highest BCUT2D eigenvalue weighted by Gasteiger charge is 2.24. The van der Waals surface area contributed by atoms with E-state index in [0.717, 1.165) is 84.1 Å². The van der Waals surface area contributed by atoms with Gasteiger partial charge in [0, 0.05) is 43.3 Å². The van der Waals surface area contributed by atoms with Crippen molar-refractivity contribution in [3.8, 4) is 33.8 Å². The lowest BCUT2D eigenvalue weighted by molar-refractivity contribution is 0.311. The van der Waals surface area contributed by atoms with Crippen molar-refractivity contribution in [2.24, 2.45) is 0 Å². The molecule has 2 aliphatic rings. The maximum Gasteiger partial charge on any atom is 0.224 e. The zero-order chi connectivity index (χ0) is 27.8. The number of piperazine rings is 1. The molecule has 2 fully saturated rings. The number of hydrogen-bond donors (Lipinski definition) is 1. The summed E-state index contributed by atoms with van der Waals surface area (Å²) < 4.78 is 16.0. The van der Waals surface area contributed by atoms with E-state index < -0.39 is 0 Å². The summed E-state index contributed by atoms with van der Waals surface area (Å²) >= 11 is 0. The minimum absolute atomic E-state index is 0.270. The van der Waals surface area contributed by atoms with Crippen LogP contribution in [-0.2, 0) is 0 Å². The Hall–Kier alpha value is -4.30. The minimum atomic E-state index is -0.270. The molecular formula is C33H34FN7. The average Bonchev–Trinajstić information content (AvgIpc) is 3.66. The van der Waals surface area contributed by atoms with Crippen molar-refractivity contribution in [2.75, 3.05) is 43.4 Å². The summed E-state index contributed by atoms with van der Waals surface area (Å²) in [6.45, 7) is 3.85. The molecule has 0 amide bonds. The molecule has 1 N–H and O–H groups in total. The Kier molecular flexibility index (Phi) is 6.84. The molecule has 2 aromatic carbocycles. The number of rotatable bonds is 6. The van der Waals surface area contributed by atoms with Crippen LogP contribution in [-0.4, -0.2) is 63.8 Å². The zero-order valence-corrected chi connectivity index (χ0v) is 23.3. The van der Waals surface area contributed by atoms with Crippen LogP contribution in [0, 0.1) is 5.82 Å². The number of halogens is 1. The second kappa shape index (κ2) is 10.9. The predicted octanol–water partition coefficient (Wildman–Crippen LogP) is 6.37. The highest BCUT2D eigenvalue weighted by Crippen LogP contribution is 2.38. The van der Waals surface area contributed by atoms with Gasteiger partial charge < -0.3 is 15.1 Å². The molecule has 1 saturated heterocycles. The summed E-state index contributed by atoms with van der Waals surface area (Å²) in [5, 5.41) is 8.80. The van der Waals surface area contributed by atoms with Crippen molar-refractivity contribution >= 4 is 17.3 Å². The minimum Gasteiger partial charge on any atom is -0.354 e. The van der Waals surface area contributed by atoms with E-state index in [4.69, 9.17) is 15.1 Å². The van der Waals surface area contributed by atoms with E-state index in [-0.39, 0.29) is 5.82 Å². The number of aromatic nitrogens is 4. The smallest absolute Gasteiger partial charge is 0.224 e. The topological polar surface area (TPSA) is 61.6 Å². The third kappa shape index (κ3) is 5.15. The molecule has 0 spiro atoms. The van der Waals surface area contributed by atoms with E-state index in [2.05, 4.69) is 58.6 Å². The van der Waals surface area contributed by atoms with Crippen LogP contribution in [0.5, 0.6) is 0 Å². The van der Waals surface area contributed by atoms with Gasteiger partial charge in [0.15, 0.2) is 0 Å². The highest BCUT2D eigenvalue weighted by atomic mass is 19.1. The first-order chi connectivity index (χ1) is 20.1. The second-order valence-electron chi connectivity index (χ2n) is 11.2. The summed E-state index contributed by atoms with van der Waals surface area (Å²) in [6, 6.07) is 25.6. The molecule has 0 bridgehead atoms. The van der Waals surface area contributed by atoms with E-state index in [1.165, 1.54) is 25.0 Å². The molecule has 41 heavy (non-hydrogen) atoms. The average molecular weight is 548 g/mol. The van der Waals surface area contributed by atoms with E-state index in [9.17, 15) is 4.39 Å². The fourth-order valence-electron chi connectivity index (χ4n) is 6.04. The molecule has 1 aliphatic heterocycles.